The monoisotopic (exact) mass is 333 g/mol. The van der Waals surface area contributed by atoms with Gasteiger partial charge in [-0.3, -0.25) is 9.59 Å². The molecule has 1 aromatic rings. The summed E-state index contributed by atoms with van der Waals surface area (Å²) in [6.07, 6.45) is 0.221. The maximum absolute atomic E-state index is 12.4. The number of aliphatic hydroxyl groups is 1. The maximum atomic E-state index is 12.4. The van der Waals surface area contributed by atoms with Crippen molar-refractivity contribution in [1.29, 1.82) is 0 Å². The van der Waals surface area contributed by atoms with Gasteiger partial charge in [0.2, 0.25) is 0 Å². The molecule has 6 heteroatoms. The molecule has 130 valence electrons. The Morgan fingerprint density at radius 2 is 1.92 bits per heavy atom. The van der Waals surface area contributed by atoms with E-state index in [1.807, 2.05) is 19.1 Å². The minimum atomic E-state index is -0.601. The van der Waals surface area contributed by atoms with Gasteiger partial charge in [0, 0.05) is 20.1 Å². The molecular formula is C18H23NO5. The zero-order valence-electron chi connectivity index (χ0n) is 14.2. The molecule has 0 aliphatic carbocycles. The Kier molecular flexibility index (Phi) is 5.98. The van der Waals surface area contributed by atoms with Crippen LogP contribution in [0.1, 0.15) is 31.9 Å². The first-order valence-corrected chi connectivity index (χ1v) is 8.04. The van der Waals surface area contributed by atoms with Crippen molar-refractivity contribution in [2.24, 2.45) is 0 Å². The van der Waals surface area contributed by atoms with Crippen LogP contribution in [0.3, 0.4) is 0 Å². The summed E-state index contributed by atoms with van der Waals surface area (Å²) in [5, 5.41) is 10.2. The highest BCUT2D eigenvalue weighted by Crippen LogP contribution is 2.38. The van der Waals surface area contributed by atoms with E-state index in [-0.39, 0.29) is 24.3 Å². The van der Waals surface area contributed by atoms with Crippen molar-refractivity contribution in [2.75, 3.05) is 26.9 Å². The maximum Gasteiger partial charge on any atom is 0.290 e. The van der Waals surface area contributed by atoms with E-state index in [1.54, 1.807) is 19.1 Å². The second-order valence-corrected chi connectivity index (χ2v) is 5.43. The van der Waals surface area contributed by atoms with Gasteiger partial charge in [0.25, 0.3) is 5.91 Å². The number of ketones is 1. The van der Waals surface area contributed by atoms with E-state index >= 15 is 0 Å². The van der Waals surface area contributed by atoms with Crippen LogP contribution in [-0.4, -0.2) is 48.6 Å². The summed E-state index contributed by atoms with van der Waals surface area (Å²) in [7, 11) is 1.54. The molecule has 24 heavy (non-hydrogen) atoms. The molecule has 0 radical (unpaired) electrons. The minimum absolute atomic E-state index is 0.155. The summed E-state index contributed by atoms with van der Waals surface area (Å²) in [6.45, 7) is 4.77. The fourth-order valence-electron chi connectivity index (χ4n) is 2.81. The lowest BCUT2D eigenvalue weighted by atomic mass is 9.95. The molecule has 1 aromatic carbocycles. The predicted molar refractivity (Wildman–Crippen MR) is 88.9 cm³/mol. The van der Waals surface area contributed by atoms with Crippen LogP contribution in [0.4, 0.5) is 0 Å². The number of aliphatic hydroxyl groups excluding tert-OH is 1. The Labute approximate surface area is 141 Å². The van der Waals surface area contributed by atoms with Crippen molar-refractivity contribution < 1.29 is 24.2 Å². The van der Waals surface area contributed by atoms with Crippen LogP contribution in [0, 0.1) is 0 Å². The standard InChI is InChI=1S/C18H23NO5/c1-4-14(20)15-16(12-6-8-13(9-7-12)24-5-2)19(10-11-23-3)18(22)17(15)21/h6-9,16,21H,4-5,10-11H2,1-3H3. The van der Waals surface area contributed by atoms with E-state index < -0.39 is 17.7 Å². The van der Waals surface area contributed by atoms with Crippen molar-refractivity contribution in [3.8, 4) is 5.75 Å². The molecule has 0 bridgehead atoms. The van der Waals surface area contributed by atoms with E-state index in [1.165, 1.54) is 12.0 Å². The number of rotatable bonds is 8. The number of hydrogen-bond donors (Lipinski definition) is 1. The first-order valence-electron chi connectivity index (χ1n) is 8.04. The summed E-state index contributed by atoms with van der Waals surface area (Å²) < 4.78 is 10.5. The van der Waals surface area contributed by atoms with E-state index in [0.717, 1.165) is 5.56 Å². The number of hydrogen-bond acceptors (Lipinski definition) is 5. The van der Waals surface area contributed by atoms with Crippen LogP contribution in [0.2, 0.25) is 0 Å². The van der Waals surface area contributed by atoms with Gasteiger partial charge in [0.15, 0.2) is 11.5 Å². The van der Waals surface area contributed by atoms with E-state index in [2.05, 4.69) is 0 Å². The number of carbonyl (C=O) groups excluding carboxylic acids is 2. The Hall–Kier alpha value is -2.34. The third-order valence-electron chi connectivity index (χ3n) is 3.97. The Morgan fingerprint density at radius 3 is 2.46 bits per heavy atom. The van der Waals surface area contributed by atoms with Crippen molar-refractivity contribution in [1.82, 2.24) is 4.90 Å². The van der Waals surface area contributed by atoms with E-state index in [0.29, 0.717) is 19.0 Å². The van der Waals surface area contributed by atoms with Gasteiger partial charge in [-0.25, -0.2) is 0 Å². The molecule has 2 rings (SSSR count). The fourth-order valence-corrected chi connectivity index (χ4v) is 2.81. The van der Waals surface area contributed by atoms with Gasteiger partial charge in [-0.2, -0.15) is 0 Å². The lowest BCUT2D eigenvalue weighted by Gasteiger charge is -2.26. The highest BCUT2D eigenvalue weighted by atomic mass is 16.5. The van der Waals surface area contributed by atoms with Crippen molar-refractivity contribution in [3.63, 3.8) is 0 Å². The number of nitrogens with zero attached hydrogens (tertiary/aromatic N) is 1. The molecule has 0 saturated carbocycles. The molecule has 1 unspecified atom stereocenters. The molecule has 1 amide bonds. The van der Waals surface area contributed by atoms with Gasteiger partial charge in [-0.15, -0.1) is 0 Å². The van der Waals surface area contributed by atoms with Crippen LogP contribution in [0.25, 0.3) is 0 Å². The SMILES string of the molecule is CCOc1ccc(C2C(C(=O)CC)=C(O)C(=O)N2CCOC)cc1. The number of Topliss-reactive ketones (excluding diaryl/α,β-unsaturated/α-hetero) is 1. The summed E-state index contributed by atoms with van der Waals surface area (Å²) in [4.78, 5) is 26.1. The molecule has 1 atom stereocenters. The van der Waals surface area contributed by atoms with Gasteiger partial charge in [0.05, 0.1) is 24.8 Å². The summed E-state index contributed by atoms with van der Waals surface area (Å²) in [6, 6.07) is 6.60. The summed E-state index contributed by atoms with van der Waals surface area (Å²) in [5.41, 5.74) is 0.909. The highest BCUT2D eigenvalue weighted by Gasteiger charge is 2.42. The number of ether oxygens (including phenoxy) is 2. The quantitative estimate of drug-likeness (QED) is 0.790. The normalized spacial score (nSPS) is 17.5. The number of amides is 1. The van der Waals surface area contributed by atoms with Crippen molar-refractivity contribution in [2.45, 2.75) is 26.3 Å². The van der Waals surface area contributed by atoms with Crippen molar-refractivity contribution >= 4 is 11.7 Å². The topological polar surface area (TPSA) is 76.1 Å². The Balaban J connectivity index is 2.41. The minimum Gasteiger partial charge on any atom is -0.503 e. The van der Waals surface area contributed by atoms with Crippen LogP contribution in [0.15, 0.2) is 35.6 Å². The van der Waals surface area contributed by atoms with Crippen LogP contribution in [-0.2, 0) is 14.3 Å². The third kappa shape index (κ3) is 3.43. The van der Waals surface area contributed by atoms with Crippen molar-refractivity contribution in [3.05, 3.63) is 41.2 Å². The molecule has 0 spiro atoms. The smallest absolute Gasteiger partial charge is 0.290 e. The van der Waals surface area contributed by atoms with Gasteiger partial charge in [0.1, 0.15) is 5.75 Å². The average molecular weight is 333 g/mol. The second-order valence-electron chi connectivity index (χ2n) is 5.43. The molecule has 0 fully saturated rings. The van der Waals surface area contributed by atoms with Gasteiger partial charge in [-0.05, 0) is 24.6 Å². The molecule has 0 saturated heterocycles. The first kappa shape index (κ1) is 18.0. The van der Waals surface area contributed by atoms with Gasteiger partial charge >= 0.3 is 0 Å². The zero-order valence-corrected chi connectivity index (χ0v) is 14.2. The molecule has 0 aromatic heterocycles. The summed E-state index contributed by atoms with van der Waals surface area (Å²) in [5.74, 6) is -0.523. The van der Waals surface area contributed by atoms with E-state index in [9.17, 15) is 14.7 Å². The number of benzene rings is 1. The first-order chi connectivity index (χ1) is 11.5. The Bertz CT molecular complexity index is 635. The molecule has 6 nitrogen and oxygen atoms in total. The fraction of sp³-hybridized carbons (Fsp3) is 0.444. The molecule has 1 aliphatic rings. The lowest BCUT2D eigenvalue weighted by Crippen LogP contribution is -2.33. The molecule has 1 heterocycles. The van der Waals surface area contributed by atoms with Gasteiger partial charge in [-0.1, -0.05) is 19.1 Å². The van der Waals surface area contributed by atoms with Crippen LogP contribution in [0.5, 0.6) is 5.75 Å². The number of methoxy groups -OCH3 is 1. The average Bonchev–Trinajstić information content (AvgIpc) is 2.84. The van der Waals surface area contributed by atoms with E-state index in [4.69, 9.17) is 9.47 Å². The predicted octanol–water partition coefficient (Wildman–Crippen LogP) is 2.41. The molecular weight excluding hydrogens is 310 g/mol. The largest absolute Gasteiger partial charge is 0.503 e. The molecule has 1 aliphatic heterocycles. The lowest BCUT2D eigenvalue weighted by molar-refractivity contribution is -0.130. The van der Waals surface area contributed by atoms with Crippen LogP contribution >= 0.6 is 0 Å². The third-order valence-corrected chi connectivity index (χ3v) is 3.97. The Morgan fingerprint density at radius 1 is 1.25 bits per heavy atom. The highest BCUT2D eigenvalue weighted by molar-refractivity contribution is 6.08. The van der Waals surface area contributed by atoms with Gasteiger partial charge < -0.3 is 19.5 Å². The number of carbonyl (C=O) groups is 2. The zero-order chi connectivity index (χ0) is 17.7. The molecule has 1 N–H and O–H groups in total. The van der Waals surface area contributed by atoms with Crippen LogP contribution < -0.4 is 4.74 Å². The summed E-state index contributed by atoms with van der Waals surface area (Å²) >= 11 is 0. The second kappa shape index (κ2) is 7.97.